The van der Waals surface area contributed by atoms with Gasteiger partial charge in [0.1, 0.15) is 0 Å². The van der Waals surface area contributed by atoms with E-state index in [2.05, 4.69) is 25.6 Å². The summed E-state index contributed by atoms with van der Waals surface area (Å²) in [6, 6.07) is 24.4. The van der Waals surface area contributed by atoms with Crippen molar-refractivity contribution in [1.29, 1.82) is 0 Å². The molecular weight excluding hydrogens is 490 g/mol. The van der Waals surface area contributed by atoms with E-state index in [-0.39, 0.29) is 5.75 Å². The summed E-state index contributed by atoms with van der Waals surface area (Å²) in [5.74, 6) is -0.109. The van der Waals surface area contributed by atoms with Gasteiger partial charge in [0.2, 0.25) is 10.0 Å². The molecule has 0 aliphatic carbocycles. The summed E-state index contributed by atoms with van der Waals surface area (Å²) in [6.45, 7) is 1.87. The first-order valence-corrected chi connectivity index (χ1v) is 13.3. The average Bonchev–Trinajstić information content (AvgIpc) is 3.24. The Morgan fingerprint density at radius 2 is 1.68 bits per heavy atom. The van der Waals surface area contributed by atoms with E-state index in [9.17, 15) is 18.3 Å². The van der Waals surface area contributed by atoms with Gasteiger partial charge in [0.25, 0.3) is 0 Å². The van der Waals surface area contributed by atoms with Crippen LogP contribution in [0.2, 0.25) is 0 Å². The fourth-order valence-corrected chi connectivity index (χ4v) is 5.20. The fourth-order valence-electron chi connectivity index (χ4n) is 4.43. The maximum Gasteiger partial charge on any atom is 0.405 e. The first kappa shape index (κ1) is 25.9. The number of aromatic amines is 1. The molecule has 0 aliphatic rings. The van der Waals surface area contributed by atoms with Gasteiger partial charge in [-0.15, -0.1) is 0 Å². The molecule has 1 unspecified atom stereocenters. The highest BCUT2D eigenvalue weighted by molar-refractivity contribution is 7.88. The predicted molar refractivity (Wildman–Crippen MR) is 146 cm³/mol. The zero-order chi connectivity index (χ0) is 26.5. The molecule has 4 rings (SSSR count). The summed E-state index contributed by atoms with van der Waals surface area (Å²) >= 11 is 0. The zero-order valence-electron chi connectivity index (χ0n) is 20.5. The largest absolute Gasteiger partial charge is 0.465 e. The number of hydrazone groups is 1. The third kappa shape index (κ3) is 6.35. The van der Waals surface area contributed by atoms with Crippen molar-refractivity contribution in [3.8, 4) is 0 Å². The number of fused-ring (bicyclic) bond motifs is 1. The third-order valence-corrected chi connectivity index (χ3v) is 7.41. The number of aromatic nitrogens is 1. The average molecular weight is 520 g/mol. The highest BCUT2D eigenvalue weighted by atomic mass is 32.2. The fraction of sp³-hybridized carbons (Fsp3) is 0.185. The minimum absolute atomic E-state index is 0.109. The van der Waals surface area contributed by atoms with Crippen LogP contribution < -0.4 is 15.5 Å². The summed E-state index contributed by atoms with van der Waals surface area (Å²) in [5, 5.41) is 17.7. The zero-order valence-corrected chi connectivity index (χ0v) is 21.3. The van der Waals surface area contributed by atoms with E-state index in [0.29, 0.717) is 23.4 Å². The molecule has 0 spiro atoms. The molecule has 0 saturated carbocycles. The summed E-state index contributed by atoms with van der Waals surface area (Å²) in [5.41, 5.74) is 6.64. The molecule has 4 aromatic rings. The van der Waals surface area contributed by atoms with Crippen molar-refractivity contribution in [3.63, 3.8) is 0 Å². The van der Waals surface area contributed by atoms with Crippen LogP contribution in [0, 0.1) is 0 Å². The van der Waals surface area contributed by atoms with E-state index in [4.69, 9.17) is 0 Å². The molecule has 1 aromatic heterocycles. The molecule has 5 N–H and O–H groups in total. The van der Waals surface area contributed by atoms with Crippen molar-refractivity contribution in [2.45, 2.75) is 24.6 Å². The van der Waals surface area contributed by atoms with E-state index in [1.165, 1.54) is 7.05 Å². The van der Waals surface area contributed by atoms with Crippen LogP contribution in [-0.2, 0) is 27.7 Å². The van der Waals surface area contributed by atoms with E-state index in [0.717, 1.165) is 22.0 Å². The van der Waals surface area contributed by atoms with Crippen molar-refractivity contribution < 1.29 is 18.3 Å². The summed E-state index contributed by atoms with van der Waals surface area (Å²) in [7, 11) is -1.97. The Morgan fingerprint density at radius 3 is 2.35 bits per heavy atom. The number of nitrogens with zero attached hydrogens (tertiary/aromatic N) is 1. The highest BCUT2D eigenvalue weighted by Crippen LogP contribution is 2.34. The topological polar surface area (TPSA) is 136 Å². The quantitative estimate of drug-likeness (QED) is 0.156. The van der Waals surface area contributed by atoms with Crippen LogP contribution >= 0.6 is 0 Å². The number of nitrogens with one attached hydrogen (secondary N) is 4. The Labute approximate surface area is 215 Å². The molecule has 0 fully saturated rings. The van der Waals surface area contributed by atoms with Crippen LogP contribution in [0.15, 0.2) is 84.0 Å². The van der Waals surface area contributed by atoms with Gasteiger partial charge >= 0.3 is 6.09 Å². The molecule has 9 nitrogen and oxygen atoms in total. The summed E-state index contributed by atoms with van der Waals surface area (Å²) in [4.78, 5) is 15.2. The predicted octanol–water partition coefficient (Wildman–Crippen LogP) is 4.39. The number of H-pyrrole nitrogens is 1. The number of para-hydroxylation sites is 1. The number of rotatable bonds is 10. The number of carboxylic acid groups (broad SMARTS) is 1. The van der Waals surface area contributed by atoms with Gasteiger partial charge < -0.3 is 15.4 Å². The van der Waals surface area contributed by atoms with Crippen LogP contribution in [-0.4, -0.2) is 37.9 Å². The Hall–Kier alpha value is -4.15. The van der Waals surface area contributed by atoms with Crippen molar-refractivity contribution in [1.82, 2.24) is 15.0 Å². The van der Waals surface area contributed by atoms with Crippen LogP contribution in [0.1, 0.15) is 29.3 Å². The number of carbonyl (C=O) groups is 1. The van der Waals surface area contributed by atoms with E-state index in [1.807, 2.05) is 61.5 Å². The van der Waals surface area contributed by atoms with Crippen LogP contribution in [0.3, 0.4) is 0 Å². The molecule has 1 amide bonds. The number of anilines is 1. The lowest BCUT2D eigenvalue weighted by molar-refractivity contribution is 0.179. The second kappa shape index (κ2) is 10.9. The van der Waals surface area contributed by atoms with Gasteiger partial charge in [-0.2, -0.15) is 5.10 Å². The summed E-state index contributed by atoms with van der Waals surface area (Å²) < 4.78 is 25.8. The number of hydrogen-bond acceptors (Lipinski definition) is 5. The normalized spacial score (nSPS) is 13.5. The molecule has 1 atom stereocenters. The smallest absolute Gasteiger partial charge is 0.405 e. The van der Waals surface area contributed by atoms with Crippen molar-refractivity contribution in [2.75, 3.05) is 12.5 Å². The highest BCUT2D eigenvalue weighted by Gasteiger charge is 2.34. The minimum atomic E-state index is -3.35. The number of hydrogen-bond donors (Lipinski definition) is 5. The third-order valence-electron chi connectivity index (χ3n) is 6.08. The van der Waals surface area contributed by atoms with Gasteiger partial charge in [-0.05, 0) is 49.7 Å². The van der Waals surface area contributed by atoms with Gasteiger partial charge in [0.05, 0.1) is 28.9 Å². The van der Waals surface area contributed by atoms with Crippen molar-refractivity contribution in [2.24, 2.45) is 5.10 Å². The number of amides is 1. The minimum Gasteiger partial charge on any atom is -0.465 e. The molecule has 10 heteroatoms. The molecule has 0 bridgehead atoms. The second-order valence-corrected chi connectivity index (χ2v) is 10.8. The van der Waals surface area contributed by atoms with Crippen molar-refractivity contribution >= 4 is 38.9 Å². The van der Waals surface area contributed by atoms with Crippen molar-refractivity contribution in [3.05, 3.63) is 101 Å². The van der Waals surface area contributed by atoms with E-state index < -0.39 is 21.7 Å². The first-order valence-electron chi connectivity index (χ1n) is 11.6. The van der Waals surface area contributed by atoms with Gasteiger partial charge in [-0.1, -0.05) is 60.7 Å². The summed E-state index contributed by atoms with van der Waals surface area (Å²) in [6.07, 6.45) is 0.944. The van der Waals surface area contributed by atoms with Gasteiger partial charge in [-0.3, -0.25) is 5.43 Å². The molecule has 1 heterocycles. The maximum atomic E-state index is 11.9. The maximum absolute atomic E-state index is 11.9. The Morgan fingerprint density at radius 1 is 1.00 bits per heavy atom. The Bertz CT molecular complexity index is 1520. The molecule has 0 aliphatic heterocycles. The van der Waals surface area contributed by atoms with Gasteiger partial charge in [-0.25, -0.2) is 17.9 Å². The number of benzene rings is 3. The van der Waals surface area contributed by atoms with Crippen LogP contribution in [0.4, 0.5) is 10.5 Å². The standard InChI is InChI=1S/C27H29N5O4S/c1-27(31-26(33)34,16-19-8-4-3-5-9-19)25-22-10-6-7-11-23(22)30-24(25)17-29-32-21-14-12-20(13-15-21)18-37(35,36)28-2/h3-15,17,28,30-32H,16,18H2,1-2H3,(H,33,34). The molecule has 37 heavy (non-hydrogen) atoms. The van der Waals surface area contributed by atoms with E-state index in [1.54, 1.807) is 30.5 Å². The van der Waals surface area contributed by atoms with Gasteiger partial charge in [0, 0.05) is 16.5 Å². The SMILES string of the molecule is CNS(=O)(=O)Cc1ccc(NN=Cc2[nH]c3ccccc3c2C(C)(Cc2ccccc2)NC(=O)O)cc1. The van der Waals surface area contributed by atoms with Crippen LogP contribution in [0.5, 0.6) is 0 Å². The molecule has 0 saturated heterocycles. The van der Waals surface area contributed by atoms with Gasteiger partial charge in [0.15, 0.2) is 0 Å². The first-order chi connectivity index (χ1) is 17.7. The lowest BCUT2D eigenvalue weighted by Gasteiger charge is -2.30. The van der Waals surface area contributed by atoms with E-state index >= 15 is 0 Å². The monoisotopic (exact) mass is 519 g/mol. The molecule has 192 valence electrons. The molecular formula is C27H29N5O4S. The lowest BCUT2D eigenvalue weighted by Crippen LogP contribution is -2.45. The number of sulfonamides is 1. The molecule has 0 radical (unpaired) electrons. The Balaban J connectivity index is 1.65. The van der Waals surface area contributed by atoms with Crippen LogP contribution in [0.25, 0.3) is 10.9 Å². The Kier molecular flexibility index (Phi) is 7.61. The molecule has 3 aromatic carbocycles. The lowest BCUT2D eigenvalue weighted by atomic mass is 9.83. The second-order valence-electron chi connectivity index (χ2n) is 8.91.